The van der Waals surface area contributed by atoms with E-state index in [9.17, 15) is 19.2 Å². The first kappa shape index (κ1) is 66.4. The molecule has 0 rings (SSSR count). The van der Waals surface area contributed by atoms with Crippen LogP contribution in [0.3, 0.4) is 0 Å². The van der Waals surface area contributed by atoms with Crippen molar-refractivity contribution in [2.75, 3.05) is 54.5 Å². The predicted molar refractivity (Wildman–Crippen MR) is 274 cm³/mol. The van der Waals surface area contributed by atoms with Gasteiger partial charge < -0.3 is 34.2 Å². The van der Waals surface area contributed by atoms with Crippen LogP contribution in [0.2, 0.25) is 0 Å². The van der Waals surface area contributed by atoms with Gasteiger partial charge in [-0.3, -0.25) is 14.9 Å². The number of carbonyl (C=O) groups excluding carboxylic acids is 4. The van der Waals surface area contributed by atoms with Crippen LogP contribution in [0.25, 0.3) is 0 Å². The van der Waals surface area contributed by atoms with E-state index in [1.54, 1.807) is 14.1 Å². The van der Waals surface area contributed by atoms with Crippen LogP contribution < -0.4 is 10.6 Å². The third-order valence-electron chi connectivity index (χ3n) is 12.3. The second-order valence-corrected chi connectivity index (χ2v) is 18.3. The number of unbranched alkanes of at least 4 members (excludes halogenated alkanes) is 25. The maximum Gasteiger partial charge on any atom is 0.259 e. The van der Waals surface area contributed by atoms with Gasteiger partial charge in [0.1, 0.15) is 12.6 Å². The molecule has 2 atom stereocenters. The summed E-state index contributed by atoms with van der Waals surface area (Å²) < 4.78 is 10.9. The van der Waals surface area contributed by atoms with Crippen LogP contribution in [-0.2, 0) is 28.7 Å². The molecule has 0 aromatic rings. The van der Waals surface area contributed by atoms with Crippen molar-refractivity contribution in [3.05, 3.63) is 0 Å². The van der Waals surface area contributed by atoms with Crippen LogP contribution in [0, 0.1) is 0 Å². The zero-order chi connectivity index (χ0) is 48.0. The van der Waals surface area contributed by atoms with Gasteiger partial charge in [-0.2, -0.15) is 0 Å². The summed E-state index contributed by atoms with van der Waals surface area (Å²) in [6, 6.07) is 0. The molecular weight excluding hydrogens is 801 g/mol. The molecule has 2 amide bonds. The van der Waals surface area contributed by atoms with E-state index in [2.05, 4.69) is 43.2 Å². The highest BCUT2D eigenvalue weighted by atomic mass is 16.5. The summed E-state index contributed by atoms with van der Waals surface area (Å²) in [6.07, 6.45) is 46.3. The van der Waals surface area contributed by atoms with E-state index in [1.165, 1.54) is 165 Å². The van der Waals surface area contributed by atoms with Crippen LogP contribution in [0.4, 0.5) is 0 Å². The van der Waals surface area contributed by atoms with Gasteiger partial charge in [0.25, 0.3) is 5.91 Å². The average molecular weight is 911 g/mol. The molecule has 64 heavy (non-hydrogen) atoms. The van der Waals surface area contributed by atoms with E-state index < -0.39 is 6.17 Å². The summed E-state index contributed by atoms with van der Waals surface area (Å²) in [5.74, 6) is -0.168. The Kier molecular flexibility index (Phi) is 59.4. The smallest absolute Gasteiger partial charge is 0.259 e. The van der Waals surface area contributed by atoms with Gasteiger partial charge in [-0.05, 0) is 84.0 Å². The molecule has 0 saturated carbocycles. The molecule has 382 valence electrons. The summed E-state index contributed by atoms with van der Waals surface area (Å²) in [5, 5.41) is 5.67. The second-order valence-electron chi connectivity index (χ2n) is 18.3. The molecule has 2 N–H and O–H groups in total. The minimum atomic E-state index is -0.686. The Morgan fingerprint density at radius 1 is 0.484 bits per heavy atom. The summed E-state index contributed by atoms with van der Waals surface area (Å²) in [6.45, 7) is 12.7. The summed E-state index contributed by atoms with van der Waals surface area (Å²) in [5.41, 5.74) is 0. The van der Waals surface area contributed by atoms with Gasteiger partial charge in [-0.1, -0.05) is 182 Å². The second kappa shape index (κ2) is 57.2. The van der Waals surface area contributed by atoms with Gasteiger partial charge in [0.05, 0.1) is 12.2 Å². The third-order valence-corrected chi connectivity index (χ3v) is 12.3. The third kappa shape index (κ3) is 51.1. The summed E-state index contributed by atoms with van der Waals surface area (Å²) in [4.78, 5) is 47.6. The monoisotopic (exact) mass is 911 g/mol. The van der Waals surface area contributed by atoms with Crippen LogP contribution in [0.5, 0.6) is 0 Å². The lowest BCUT2D eigenvalue weighted by Crippen LogP contribution is -2.52. The molecule has 0 saturated heterocycles. The Bertz CT molecular complexity index is 899. The number of nitrogens with zero attached hydrogens (tertiary/aromatic N) is 2. The van der Waals surface area contributed by atoms with Gasteiger partial charge in [0.2, 0.25) is 6.41 Å². The minimum Gasteiger partial charge on any atom is -0.381 e. The van der Waals surface area contributed by atoms with E-state index in [0.717, 1.165) is 83.6 Å². The molecule has 0 aliphatic heterocycles. The van der Waals surface area contributed by atoms with Crippen molar-refractivity contribution in [3.8, 4) is 0 Å². The summed E-state index contributed by atoms with van der Waals surface area (Å²) >= 11 is 0. The Morgan fingerprint density at radius 2 is 0.844 bits per heavy atom. The molecule has 10 heteroatoms. The molecule has 0 aromatic carbocycles. The molecule has 0 radical (unpaired) electrons. The first-order chi connectivity index (χ1) is 31.3. The Hall–Kier alpha value is -1.88. The van der Waals surface area contributed by atoms with Crippen LogP contribution >= 0.6 is 0 Å². The van der Waals surface area contributed by atoms with Gasteiger partial charge in [0.15, 0.2) is 6.17 Å². The SMILES string of the molecule is CCCCCCCCC(CC)OC.CCCCCCCCC(CCCCCCCC)OC.CN(C)C(=O)C(NC=O)NCCCN(CCCCCCCC=O)CCCCCCCC=O. The molecule has 0 fully saturated rings. The van der Waals surface area contributed by atoms with Gasteiger partial charge >= 0.3 is 0 Å². The van der Waals surface area contributed by atoms with E-state index in [4.69, 9.17) is 9.47 Å². The van der Waals surface area contributed by atoms with E-state index in [1.807, 2.05) is 14.2 Å². The molecule has 10 nitrogen and oxygen atoms in total. The van der Waals surface area contributed by atoms with Crippen LogP contribution in [0.15, 0.2) is 0 Å². The first-order valence-electron chi connectivity index (χ1n) is 27.1. The zero-order valence-corrected chi connectivity index (χ0v) is 43.9. The number of carbonyl (C=O) groups is 4. The van der Waals surface area contributed by atoms with Crippen molar-refractivity contribution >= 4 is 24.9 Å². The lowest BCUT2D eigenvalue weighted by atomic mass is 10.0. The van der Waals surface area contributed by atoms with Crippen molar-refractivity contribution < 1.29 is 28.7 Å². The maximum atomic E-state index is 12.1. The Balaban J connectivity index is -0.000000978. The Labute approximate surface area is 398 Å². The fourth-order valence-corrected chi connectivity index (χ4v) is 7.94. The van der Waals surface area contributed by atoms with E-state index >= 15 is 0 Å². The summed E-state index contributed by atoms with van der Waals surface area (Å²) in [7, 11) is 7.05. The molecule has 2 unspecified atom stereocenters. The lowest BCUT2D eigenvalue weighted by molar-refractivity contribution is -0.133. The molecule has 0 aliphatic carbocycles. The molecule has 0 aliphatic rings. The minimum absolute atomic E-state index is 0.168. The number of amides is 2. The molecule has 0 aromatic heterocycles. The quantitative estimate of drug-likeness (QED) is 0.0352. The molecule has 0 heterocycles. The number of nitrogens with one attached hydrogen (secondary N) is 2. The molecular formula is C54H110N4O6. The van der Waals surface area contributed by atoms with E-state index in [-0.39, 0.29) is 5.91 Å². The number of aldehydes is 2. The van der Waals surface area contributed by atoms with Crippen molar-refractivity contribution in [2.24, 2.45) is 0 Å². The number of hydrogen-bond acceptors (Lipinski definition) is 8. The highest BCUT2D eigenvalue weighted by Gasteiger charge is 2.18. The topological polar surface area (TPSA) is 117 Å². The number of rotatable bonds is 48. The normalized spacial score (nSPS) is 12.0. The highest BCUT2D eigenvalue weighted by molar-refractivity contribution is 5.82. The van der Waals surface area contributed by atoms with Gasteiger partial charge in [-0.25, -0.2) is 0 Å². The lowest BCUT2D eigenvalue weighted by Gasteiger charge is -2.24. The number of likely N-dealkylation sites (N-methyl/N-ethyl adjacent to an activating group) is 1. The fourth-order valence-electron chi connectivity index (χ4n) is 7.94. The highest BCUT2D eigenvalue weighted by Crippen LogP contribution is 2.16. The van der Waals surface area contributed by atoms with Crippen LogP contribution in [-0.4, -0.2) is 108 Å². The van der Waals surface area contributed by atoms with Crippen LogP contribution in [0.1, 0.15) is 252 Å². The zero-order valence-electron chi connectivity index (χ0n) is 43.9. The molecule has 0 bridgehead atoms. The van der Waals surface area contributed by atoms with Gasteiger partial charge in [-0.15, -0.1) is 0 Å². The molecule has 0 spiro atoms. The number of ether oxygens (including phenoxy) is 2. The fraction of sp³-hybridized carbons (Fsp3) is 0.926. The Morgan fingerprint density at radius 3 is 1.20 bits per heavy atom. The van der Waals surface area contributed by atoms with Crippen molar-refractivity contribution in [2.45, 2.75) is 271 Å². The number of hydrogen-bond donors (Lipinski definition) is 2. The maximum absolute atomic E-state index is 12.1. The first-order valence-corrected chi connectivity index (χ1v) is 27.1. The average Bonchev–Trinajstić information content (AvgIpc) is 3.30. The van der Waals surface area contributed by atoms with Gasteiger partial charge in [0, 0.05) is 41.2 Å². The van der Waals surface area contributed by atoms with E-state index in [0.29, 0.717) is 38.0 Å². The number of methoxy groups -OCH3 is 2. The predicted octanol–water partition coefficient (Wildman–Crippen LogP) is 13.2. The standard InChI is InChI=1S/C24H46N4O4.C18H38O.C12H26O/c1-27(2)24(32)23(26-22-31)25-16-15-19-28(17-11-7-3-5-9-13-20-29)18-12-8-4-6-10-14-21-30;1-4-6-8-10-12-14-16-18(19-3)17-15-13-11-9-7-5-2;1-4-6-7-8-9-10-11-12(5-2)13-3/h20-23,25H,3-19H2,1-2H3,(H,26,31);18H,4-17H2,1-3H3;12H,4-11H2,1-3H3. The van der Waals surface area contributed by atoms with Crippen molar-refractivity contribution in [1.82, 2.24) is 20.4 Å². The largest absolute Gasteiger partial charge is 0.381 e. The van der Waals surface area contributed by atoms with Crippen molar-refractivity contribution in [1.29, 1.82) is 0 Å². The van der Waals surface area contributed by atoms with Crippen molar-refractivity contribution in [3.63, 3.8) is 0 Å².